The second-order valence-electron chi connectivity index (χ2n) is 6.31. The molecule has 1 unspecified atom stereocenters. The third-order valence-electron chi connectivity index (χ3n) is 4.84. The number of hydrogen-bond acceptors (Lipinski definition) is 1. The van der Waals surface area contributed by atoms with Crippen LogP contribution in [0.2, 0.25) is 0 Å². The second kappa shape index (κ2) is 6.53. The number of hydrogen-bond donors (Lipinski definition) is 0. The lowest BCUT2D eigenvalue weighted by Crippen LogP contribution is -2.41. The van der Waals surface area contributed by atoms with Crippen molar-refractivity contribution >= 4 is 5.69 Å². The third kappa shape index (κ3) is 2.64. The molecule has 1 aliphatic heterocycles. The first-order valence-corrected chi connectivity index (χ1v) is 8.39. The average molecular weight is 294 g/mol. The van der Waals surface area contributed by atoms with Gasteiger partial charge >= 0.3 is 0 Å². The molecule has 1 heterocycles. The maximum atomic E-state index is 13.1. The van der Waals surface area contributed by atoms with E-state index in [4.69, 9.17) is 0 Å². The van der Waals surface area contributed by atoms with Crippen molar-refractivity contribution in [2.75, 3.05) is 5.06 Å². The van der Waals surface area contributed by atoms with E-state index in [2.05, 4.69) is 25.1 Å². The van der Waals surface area contributed by atoms with Crippen molar-refractivity contribution in [3.8, 4) is 0 Å². The van der Waals surface area contributed by atoms with Gasteiger partial charge < -0.3 is 0 Å². The number of nitrogens with zero attached hydrogens (tertiary/aromatic N) is 1. The average Bonchev–Trinajstić information content (AvgIpc) is 2.86. The molecular weight excluding hydrogens is 270 g/mol. The van der Waals surface area contributed by atoms with Crippen LogP contribution in [0, 0.1) is 0 Å². The Hall–Kier alpha value is -1.80. The normalized spacial score (nSPS) is 20.2. The fourth-order valence-corrected chi connectivity index (χ4v) is 3.62. The maximum Gasteiger partial charge on any atom is 0.0994 e. The third-order valence-corrected chi connectivity index (χ3v) is 4.84. The van der Waals surface area contributed by atoms with Crippen molar-refractivity contribution in [3.63, 3.8) is 0 Å². The van der Waals surface area contributed by atoms with E-state index in [1.54, 1.807) is 0 Å². The van der Waals surface area contributed by atoms with Gasteiger partial charge in [0, 0.05) is 6.42 Å². The van der Waals surface area contributed by atoms with Crippen LogP contribution >= 0.6 is 0 Å². The molecule has 115 valence electrons. The van der Waals surface area contributed by atoms with E-state index < -0.39 is 5.54 Å². The minimum Gasteiger partial charge on any atom is -0.209 e. The molecule has 0 aliphatic carbocycles. The molecule has 2 aromatic rings. The van der Waals surface area contributed by atoms with E-state index in [-0.39, 0.29) is 0 Å². The molecule has 1 radical (unpaired) electrons. The van der Waals surface area contributed by atoms with Gasteiger partial charge in [-0.2, -0.15) is 0 Å². The first-order valence-electron chi connectivity index (χ1n) is 8.39. The lowest BCUT2D eigenvalue weighted by molar-refractivity contribution is 0.0804. The molecule has 0 fully saturated rings. The number of fused-ring (bicyclic) bond motifs is 1. The minimum absolute atomic E-state index is 0.418. The van der Waals surface area contributed by atoms with Crippen LogP contribution in [0.25, 0.3) is 0 Å². The maximum absolute atomic E-state index is 13.1. The zero-order chi connectivity index (χ0) is 15.4. The largest absolute Gasteiger partial charge is 0.209 e. The van der Waals surface area contributed by atoms with Crippen molar-refractivity contribution < 1.29 is 5.21 Å². The van der Waals surface area contributed by atoms with E-state index in [1.165, 1.54) is 29.9 Å². The van der Waals surface area contributed by atoms with Crippen molar-refractivity contribution in [1.82, 2.24) is 0 Å². The highest BCUT2D eigenvalue weighted by Crippen LogP contribution is 2.47. The molecule has 1 aliphatic rings. The van der Waals surface area contributed by atoms with Crippen molar-refractivity contribution in [1.29, 1.82) is 0 Å². The van der Waals surface area contributed by atoms with E-state index in [0.717, 1.165) is 30.5 Å². The van der Waals surface area contributed by atoms with Gasteiger partial charge in [-0.15, -0.1) is 0 Å². The number of hydroxylamine groups is 1. The molecular formula is C20H24NO. The minimum atomic E-state index is -0.418. The Bertz CT molecular complexity index is 610. The standard InChI is InChI=1S/C20H24NO/c1-2-3-4-10-15-20(18-12-6-5-7-13-18)16-17-11-8-9-14-19(17)21(20)22/h5-9,11-14H,2-4,10,15-16H2,1H3. The Kier molecular flexibility index (Phi) is 4.49. The Balaban J connectivity index is 1.92. The monoisotopic (exact) mass is 294 g/mol. The van der Waals surface area contributed by atoms with Crippen LogP contribution < -0.4 is 5.06 Å². The van der Waals surface area contributed by atoms with E-state index in [1.807, 2.05) is 36.4 Å². The second-order valence-corrected chi connectivity index (χ2v) is 6.31. The zero-order valence-electron chi connectivity index (χ0n) is 13.3. The molecule has 2 aromatic carbocycles. The molecule has 1 atom stereocenters. The fraction of sp³-hybridized carbons (Fsp3) is 0.400. The van der Waals surface area contributed by atoms with Gasteiger partial charge in [-0.1, -0.05) is 86.3 Å². The van der Waals surface area contributed by atoms with Gasteiger partial charge in [0.2, 0.25) is 0 Å². The summed E-state index contributed by atoms with van der Waals surface area (Å²) in [5, 5.41) is 14.4. The molecule has 0 spiro atoms. The molecule has 0 bridgehead atoms. The highest BCUT2D eigenvalue weighted by Gasteiger charge is 2.45. The van der Waals surface area contributed by atoms with Gasteiger partial charge in [-0.3, -0.25) is 0 Å². The molecule has 0 saturated carbocycles. The molecule has 22 heavy (non-hydrogen) atoms. The van der Waals surface area contributed by atoms with Crippen molar-refractivity contribution in [3.05, 3.63) is 65.7 Å². The summed E-state index contributed by atoms with van der Waals surface area (Å²) in [4.78, 5) is 0. The van der Waals surface area contributed by atoms with Gasteiger partial charge in [0.1, 0.15) is 0 Å². The van der Waals surface area contributed by atoms with Crippen molar-refractivity contribution in [2.24, 2.45) is 0 Å². The van der Waals surface area contributed by atoms with Gasteiger partial charge in [0.15, 0.2) is 0 Å². The van der Waals surface area contributed by atoms with Crippen LogP contribution in [-0.4, -0.2) is 0 Å². The van der Waals surface area contributed by atoms with Gasteiger partial charge in [0.05, 0.1) is 11.2 Å². The van der Waals surface area contributed by atoms with Crippen LogP contribution in [0.4, 0.5) is 5.69 Å². The van der Waals surface area contributed by atoms with Crippen LogP contribution in [0.5, 0.6) is 0 Å². The summed E-state index contributed by atoms with van der Waals surface area (Å²) in [7, 11) is 0. The summed E-state index contributed by atoms with van der Waals surface area (Å²) < 4.78 is 0. The Morgan fingerprint density at radius 2 is 1.68 bits per heavy atom. The molecule has 0 amide bonds. The zero-order valence-corrected chi connectivity index (χ0v) is 13.3. The summed E-state index contributed by atoms with van der Waals surface area (Å²) in [6, 6.07) is 18.4. The van der Waals surface area contributed by atoms with E-state index >= 15 is 0 Å². The lowest BCUT2D eigenvalue weighted by atomic mass is 9.82. The molecule has 3 rings (SSSR count). The summed E-state index contributed by atoms with van der Waals surface area (Å²) in [6.45, 7) is 2.22. The predicted octanol–water partition coefficient (Wildman–Crippen LogP) is 5.26. The number of unbranched alkanes of at least 4 members (excludes halogenated alkanes) is 3. The number of anilines is 1. The smallest absolute Gasteiger partial charge is 0.0994 e. The molecule has 2 heteroatoms. The van der Waals surface area contributed by atoms with Crippen LogP contribution in [0.3, 0.4) is 0 Å². The Morgan fingerprint density at radius 1 is 0.955 bits per heavy atom. The van der Waals surface area contributed by atoms with Gasteiger partial charge in [-0.05, 0) is 23.6 Å². The first kappa shape index (κ1) is 15.1. The van der Waals surface area contributed by atoms with Gasteiger partial charge in [0.25, 0.3) is 0 Å². The number of para-hydroxylation sites is 1. The number of benzene rings is 2. The number of rotatable bonds is 6. The molecule has 0 aromatic heterocycles. The highest BCUT2D eigenvalue weighted by molar-refractivity contribution is 5.61. The highest BCUT2D eigenvalue weighted by atomic mass is 16.5. The van der Waals surface area contributed by atoms with E-state index in [9.17, 15) is 5.21 Å². The van der Waals surface area contributed by atoms with Crippen LogP contribution in [-0.2, 0) is 17.2 Å². The lowest BCUT2D eigenvalue weighted by Gasteiger charge is -2.35. The molecule has 2 nitrogen and oxygen atoms in total. The first-order chi connectivity index (χ1) is 10.8. The molecule has 0 N–H and O–H groups in total. The predicted molar refractivity (Wildman–Crippen MR) is 90.2 cm³/mol. The van der Waals surface area contributed by atoms with E-state index in [0.29, 0.717) is 0 Å². The summed E-state index contributed by atoms with van der Waals surface area (Å²) in [5.41, 5.74) is 2.76. The quantitative estimate of drug-likeness (QED) is 0.666. The Morgan fingerprint density at radius 3 is 2.41 bits per heavy atom. The van der Waals surface area contributed by atoms with Gasteiger partial charge in [-0.25, -0.2) is 5.06 Å². The summed E-state index contributed by atoms with van der Waals surface area (Å²) in [6.07, 6.45) is 6.53. The van der Waals surface area contributed by atoms with Crippen LogP contribution in [0.15, 0.2) is 54.6 Å². The van der Waals surface area contributed by atoms with Crippen LogP contribution in [0.1, 0.15) is 50.2 Å². The summed E-state index contributed by atoms with van der Waals surface area (Å²) >= 11 is 0. The topological polar surface area (TPSA) is 23.1 Å². The van der Waals surface area contributed by atoms with Crippen molar-refractivity contribution in [2.45, 2.75) is 51.0 Å². The fourth-order valence-electron chi connectivity index (χ4n) is 3.62. The molecule has 0 saturated heterocycles. The summed E-state index contributed by atoms with van der Waals surface area (Å²) in [5.74, 6) is 0. The Labute approximate surface area is 133 Å². The SMILES string of the molecule is CCCCCCC1(c2ccccc2)Cc2ccccc2N1[O].